The van der Waals surface area contributed by atoms with E-state index in [-0.39, 0.29) is 12.3 Å². The molecule has 0 fully saturated rings. The van der Waals surface area contributed by atoms with Crippen LogP contribution < -0.4 is 0 Å². The van der Waals surface area contributed by atoms with Gasteiger partial charge in [0.15, 0.2) is 0 Å². The predicted octanol–water partition coefficient (Wildman–Crippen LogP) is 3.62. The second-order valence-electron chi connectivity index (χ2n) is 5.04. The maximum Gasteiger partial charge on any atom is 0.340 e. The third-order valence-corrected chi connectivity index (χ3v) is 3.34. The summed E-state index contributed by atoms with van der Waals surface area (Å²) in [5, 5.41) is 3.43. The number of aromatic nitrogens is 2. The van der Waals surface area contributed by atoms with Gasteiger partial charge in [0.25, 0.3) is 0 Å². The summed E-state index contributed by atoms with van der Waals surface area (Å²) in [6.45, 7) is 6.57. The van der Waals surface area contributed by atoms with Crippen molar-refractivity contribution >= 4 is 17.7 Å². The summed E-state index contributed by atoms with van der Waals surface area (Å²) in [4.78, 5) is 19.2. The van der Waals surface area contributed by atoms with E-state index in [4.69, 9.17) is 19.7 Å². The SMILES string of the molecule is CCOC(=O)C(=Cc1cccn2cc(C(OCC)OCC)nc12)N=[N+]=[N-]. The molecule has 2 aromatic rings. The highest BCUT2D eigenvalue weighted by atomic mass is 16.7. The summed E-state index contributed by atoms with van der Waals surface area (Å²) >= 11 is 0. The number of azide groups is 1. The van der Waals surface area contributed by atoms with Crippen LogP contribution in [0.3, 0.4) is 0 Å². The standard InChI is InChI=1S/C17H21N5O4/c1-4-24-16(23)13(20-21-18)10-12-8-7-9-22-11-14(19-15(12)22)17(25-5-2)26-6-3/h7-11,17H,4-6H2,1-3H3. The zero-order valence-electron chi connectivity index (χ0n) is 15.0. The average molecular weight is 359 g/mol. The highest BCUT2D eigenvalue weighted by molar-refractivity contribution is 5.94. The van der Waals surface area contributed by atoms with E-state index in [0.717, 1.165) is 0 Å². The fourth-order valence-corrected chi connectivity index (χ4v) is 2.33. The third-order valence-electron chi connectivity index (χ3n) is 3.34. The summed E-state index contributed by atoms with van der Waals surface area (Å²) in [5.41, 5.74) is 10.3. The van der Waals surface area contributed by atoms with Gasteiger partial charge in [0.05, 0.1) is 6.61 Å². The van der Waals surface area contributed by atoms with Crippen LogP contribution in [0.15, 0.2) is 35.3 Å². The van der Waals surface area contributed by atoms with Crippen LogP contribution in [0.2, 0.25) is 0 Å². The Morgan fingerprint density at radius 1 is 1.35 bits per heavy atom. The molecule has 0 atom stereocenters. The molecule has 9 heteroatoms. The van der Waals surface area contributed by atoms with Crippen LogP contribution >= 0.6 is 0 Å². The Bertz CT molecular complexity index is 833. The van der Waals surface area contributed by atoms with E-state index in [1.54, 1.807) is 29.7 Å². The lowest BCUT2D eigenvalue weighted by atomic mass is 10.2. The van der Waals surface area contributed by atoms with Crippen LogP contribution in [0.5, 0.6) is 0 Å². The van der Waals surface area contributed by atoms with E-state index in [1.165, 1.54) is 6.08 Å². The number of ether oxygens (including phenoxy) is 3. The Hall–Kier alpha value is -2.87. The van der Waals surface area contributed by atoms with Gasteiger partial charge in [-0.25, -0.2) is 9.78 Å². The first-order chi connectivity index (χ1) is 12.6. The first-order valence-electron chi connectivity index (χ1n) is 8.29. The fourth-order valence-electron chi connectivity index (χ4n) is 2.33. The minimum absolute atomic E-state index is 0.141. The Morgan fingerprint density at radius 3 is 2.69 bits per heavy atom. The smallest absolute Gasteiger partial charge is 0.340 e. The van der Waals surface area contributed by atoms with Gasteiger partial charge in [0.2, 0.25) is 6.29 Å². The molecule has 0 bridgehead atoms. The van der Waals surface area contributed by atoms with Crippen molar-refractivity contribution in [1.29, 1.82) is 0 Å². The summed E-state index contributed by atoms with van der Waals surface area (Å²) in [7, 11) is 0. The number of pyridine rings is 1. The Morgan fingerprint density at radius 2 is 2.08 bits per heavy atom. The van der Waals surface area contributed by atoms with Gasteiger partial charge in [-0.1, -0.05) is 5.11 Å². The molecule has 0 aromatic carbocycles. The second kappa shape index (κ2) is 9.57. The Balaban J connectivity index is 2.49. The van der Waals surface area contributed by atoms with Gasteiger partial charge in [0.1, 0.15) is 17.0 Å². The minimum atomic E-state index is -0.694. The van der Waals surface area contributed by atoms with Crippen molar-refractivity contribution in [3.8, 4) is 0 Å². The number of nitrogens with zero attached hydrogens (tertiary/aromatic N) is 5. The highest BCUT2D eigenvalue weighted by Crippen LogP contribution is 2.22. The molecule has 2 aromatic heterocycles. The molecule has 0 N–H and O–H groups in total. The molecule has 0 unspecified atom stereocenters. The summed E-state index contributed by atoms with van der Waals surface area (Å²) < 4.78 is 17.8. The van der Waals surface area contributed by atoms with Gasteiger partial charge in [-0.15, -0.1) is 0 Å². The van der Waals surface area contributed by atoms with Gasteiger partial charge in [-0.2, -0.15) is 0 Å². The number of rotatable bonds is 9. The Kier molecular flexibility index (Phi) is 7.16. The molecule has 26 heavy (non-hydrogen) atoms. The molecule has 0 saturated carbocycles. The van der Waals surface area contributed by atoms with E-state index in [1.807, 2.05) is 20.0 Å². The van der Waals surface area contributed by atoms with Crippen molar-refractivity contribution in [2.45, 2.75) is 27.1 Å². The van der Waals surface area contributed by atoms with Crippen LogP contribution in [0.4, 0.5) is 0 Å². The molecule has 0 saturated heterocycles. The molecule has 0 aliphatic heterocycles. The van der Waals surface area contributed by atoms with Crippen molar-refractivity contribution in [1.82, 2.24) is 9.38 Å². The lowest BCUT2D eigenvalue weighted by Gasteiger charge is -2.13. The van der Waals surface area contributed by atoms with Crippen LogP contribution in [-0.4, -0.2) is 35.2 Å². The van der Waals surface area contributed by atoms with E-state index in [2.05, 4.69) is 15.0 Å². The number of hydrogen-bond donors (Lipinski definition) is 0. The molecular weight excluding hydrogens is 338 g/mol. The van der Waals surface area contributed by atoms with E-state index < -0.39 is 12.3 Å². The fraction of sp³-hybridized carbons (Fsp3) is 0.412. The Labute approximate surface area is 150 Å². The minimum Gasteiger partial charge on any atom is -0.462 e. The number of imidazole rings is 1. The molecule has 0 aliphatic rings. The number of fused-ring (bicyclic) bond motifs is 1. The second-order valence-corrected chi connectivity index (χ2v) is 5.04. The lowest BCUT2D eigenvalue weighted by Crippen LogP contribution is -2.09. The zero-order valence-corrected chi connectivity index (χ0v) is 15.0. The molecule has 2 heterocycles. The summed E-state index contributed by atoms with van der Waals surface area (Å²) in [5.74, 6) is -0.694. The molecule has 0 spiro atoms. The van der Waals surface area contributed by atoms with Crippen molar-refractivity contribution < 1.29 is 19.0 Å². The van der Waals surface area contributed by atoms with Crippen LogP contribution in [-0.2, 0) is 19.0 Å². The third kappa shape index (κ3) is 4.60. The van der Waals surface area contributed by atoms with E-state index in [0.29, 0.717) is 30.1 Å². The monoisotopic (exact) mass is 359 g/mol. The molecule has 9 nitrogen and oxygen atoms in total. The lowest BCUT2D eigenvalue weighted by molar-refractivity contribution is -0.142. The zero-order chi connectivity index (χ0) is 18.9. The molecule has 0 amide bonds. The van der Waals surface area contributed by atoms with Crippen LogP contribution in [0.25, 0.3) is 22.2 Å². The molecule has 138 valence electrons. The maximum absolute atomic E-state index is 11.9. The average Bonchev–Trinajstić information content (AvgIpc) is 3.06. The van der Waals surface area contributed by atoms with Crippen molar-refractivity contribution in [2.75, 3.05) is 19.8 Å². The number of hydrogen-bond acceptors (Lipinski definition) is 6. The molecule has 0 aliphatic carbocycles. The maximum atomic E-state index is 11.9. The van der Waals surface area contributed by atoms with Crippen LogP contribution in [0, 0.1) is 0 Å². The summed E-state index contributed by atoms with van der Waals surface area (Å²) in [6.07, 6.45) is 4.47. The van der Waals surface area contributed by atoms with Crippen molar-refractivity contribution in [3.05, 3.63) is 51.9 Å². The number of esters is 1. The van der Waals surface area contributed by atoms with E-state index >= 15 is 0 Å². The summed E-state index contributed by atoms with van der Waals surface area (Å²) in [6, 6.07) is 3.55. The van der Waals surface area contributed by atoms with Crippen LogP contribution in [0.1, 0.15) is 38.3 Å². The van der Waals surface area contributed by atoms with E-state index in [9.17, 15) is 4.79 Å². The number of carbonyl (C=O) groups excluding carboxylic acids is 1. The molecule has 0 radical (unpaired) electrons. The molecular formula is C17H21N5O4. The van der Waals surface area contributed by atoms with Gasteiger partial charge in [-0.05, 0) is 44.5 Å². The largest absolute Gasteiger partial charge is 0.462 e. The van der Waals surface area contributed by atoms with Gasteiger partial charge in [0, 0.05) is 36.1 Å². The number of carbonyl (C=O) groups is 1. The normalized spacial score (nSPS) is 11.6. The van der Waals surface area contributed by atoms with Gasteiger partial charge >= 0.3 is 5.97 Å². The van der Waals surface area contributed by atoms with Crippen molar-refractivity contribution in [3.63, 3.8) is 0 Å². The highest BCUT2D eigenvalue weighted by Gasteiger charge is 2.17. The molecule has 2 rings (SSSR count). The van der Waals surface area contributed by atoms with Gasteiger partial charge < -0.3 is 18.6 Å². The van der Waals surface area contributed by atoms with Gasteiger partial charge in [-0.3, -0.25) is 0 Å². The quantitative estimate of drug-likeness (QED) is 0.169. The predicted molar refractivity (Wildman–Crippen MR) is 94.9 cm³/mol. The first-order valence-corrected chi connectivity index (χ1v) is 8.29. The van der Waals surface area contributed by atoms with Crippen molar-refractivity contribution in [2.24, 2.45) is 5.11 Å². The first kappa shape index (κ1) is 19.5. The topological polar surface area (TPSA) is 111 Å².